The number of benzene rings is 2. The molecule has 0 unspecified atom stereocenters. The Morgan fingerprint density at radius 3 is 1.54 bits per heavy atom. The third-order valence-corrected chi connectivity index (χ3v) is 5.72. The third-order valence-electron chi connectivity index (χ3n) is 4.87. The van der Waals surface area contributed by atoms with Crippen molar-refractivity contribution in [2.75, 3.05) is 16.0 Å². The van der Waals surface area contributed by atoms with Gasteiger partial charge < -0.3 is 16.0 Å². The van der Waals surface area contributed by atoms with Gasteiger partial charge in [0.15, 0.2) is 0 Å². The van der Waals surface area contributed by atoms with Crippen molar-refractivity contribution in [2.45, 2.75) is 4.90 Å². The molecule has 0 atom stereocenters. The number of nitrogens with zero attached hydrogens (tertiary/aromatic N) is 5. The quantitative estimate of drug-likeness (QED) is 0.243. The Morgan fingerprint density at radius 2 is 1.03 bits per heavy atom. The van der Waals surface area contributed by atoms with E-state index in [4.69, 9.17) is 0 Å². The highest BCUT2D eigenvalue weighted by molar-refractivity contribution is 7.85. The van der Waals surface area contributed by atoms with Crippen molar-refractivity contribution in [2.24, 2.45) is 0 Å². The van der Waals surface area contributed by atoms with Crippen molar-refractivity contribution in [1.29, 1.82) is 0 Å². The van der Waals surface area contributed by atoms with Crippen LogP contribution in [0.15, 0.2) is 90.3 Å². The fraction of sp³-hybridized carbons (Fsp3) is 0. The second kappa shape index (κ2) is 9.29. The number of hydrogen-bond donors (Lipinski definition) is 4. The molecule has 0 fully saturated rings. The summed E-state index contributed by atoms with van der Waals surface area (Å²) in [6, 6.07) is 16.8. The molecule has 3 heterocycles. The van der Waals surface area contributed by atoms with Crippen LogP contribution in [-0.4, -0.2) is 37.9 Å². The molecular formula is C23H18N8O3S. The summed E-state index contributed by atoms with van der Waals surface area (Å²) < 4.78 is 32.1. The van der Waals surface area contributed by atoms with Gasteiger partial charge >= 0.3 is 0 Å². The highest BCUT2D eigenvalue weighted by Gasteiger charge is 2.11. The molecule has 0 amide bonds. The van der Waals surface area contributed by atoms with Crippen LogP contribution in [0.2, 0.25) is 0 Å². The highest BCUT2D eigenvalue weighted by Crippen LogP contribution is 2.25. The molecule has 0 saturated carbocycles. The molecule has 35 heavy (non-hydrogen) atoms. The lowest BCUT2D eigenvalue weighted by Crippen LogP contribution is -2.07. The Hall–Kier alpha value is -4.68. The lowest BCUT2D eigenvalue weighted by atomic mass is 10.1. The average Bonchev–Trinajstić information content (AvgIpc) is 2.84. The monoisotopic (exact) mass is 486 g/mol. The van der Waals surface area contributed by atoms with Crippen molar-refractivity contribution in [3.05, 3.63) is 85.5 Å². The molecule has 12 heteroatoms. The summed E-state index contributed by atoms with van der Waals surface area (Å²) in [7, 11) is -4.28. The summed E-state index contributed by atoms with van der Waals surface area (Å²) in [4.78, 5) is 21.2. The number of pyridine rings is 2. The molecule has 0 aliphatic heterocycles. The molecule has 0 bridgehead atoms. The Labute approximate surface area is 200 Å². The minimum Gasteiger partial charge on any atom is -0.324 e. The molecule has 4 N–H and O–H groups in total. The van der Waals surface area contributed by atoms with Crippen LogP contribution in [0.4, 0.5) is 34.9 Å². The van der Waals surface area contributed by atoms with Gasteiger partial charge in [0.05, 0.1) is 4.90 Å². The molecule has 11 nitrogen and oxygen atoms in total. The lowest BCUT2D eigenvalue weighted by Gasteiger charge is -2.12. The van der Waals surface area contributed by atoms with E-state index in [1.165, 1.54) is 12.1 Å². The van der Waals surface area contributed by atoms with Crippen molar-refractivity contribution in [3.63, 3.8) is 0 Å². The molecule has 0 saturated heterocycles. The molecule has 3 aromatic heterocycles. The molecule has 5 aromatic rings. The fourth-order valence-electron chi connectivity index (χ4n) is 3.26. The van der Waals surface area contributed by atoms with Gasteiger partial charge in [0.25, 0.3) is 10.1 Å². The average molecular weight is 487 g/mol. The van der Waals surface area contributed by atoms with Crippen LogP contribution in [0.3, 0.4) is 0 Å². The van der Waals surface area contributed by atoms with Gasteiger partial charge in [-0.05, 0) is 59.3 Å². The van der Waals surface area contributed by atoms with Gasteiger partial charge in [-0.15, -0.1) is 0 Å². The Balaban J connectivity index is 1.47. The Bertz CT molecular complexity index is 1540. The summed E-state index contributed by atoms with van der Waals surface area (Å²) in [5.74, 6) is 0.898. The minimum atomic E-state index is -4.28. The minimum absolute atomic E-state index is 0.165. The number of anilines is 6. The molecule has 0 spiro atoms. The summed E-state index contributed by atoms with van der Waals surface area (Å²) in [6.45, 7) is 0. The van der Waals surface area contributed by atoms with E-state index in [-0.39, 0.29) is 10.8 Å². The van der Waals surface area contributed by atoms with Crippen LogP contribution >= 0.6 is 0 Å². The maximum absolute atomic E-state index is 11.4. The predicted octanol–water partition coefficient (Wildman–Crippen LogP) is 4.29. The maximum atomic E-state index is 11.4. The zero-order valence-electron chi connectivity index (χ0n) is 18.0. The third kappa shape index (κ3) is 5.46. The highest BCUT2D eigenvalue weighted by atomic mass is 32.2. The van der Waals surface area contributed by atoms with E-state index in [9.17, 15) is 13.0 Å². The number of rotatable bonds is 7. The zero-order valence-corrected chi connectivity index (χ0v) is 18.8. The van der Waals surface area contributed by atoms with Gasteiger partial charge in [0, 0.05) is 41.8 Å². The predicted molar refractivity (Wildman–Crippen MR) is 132 cm³/mol. The first-order valence-corrected chi connectivity index (χ1v) is 11.7. The molecule has 2 aromatic carbocycles. The summed E-state index contributed by atoms with van der Waals surface area (Å²) in [5, 5.41) is 10.8. The van der Waals surface area contributed by atoms with Gasteiger partial charge in [0.2, 0.25) is 17.8 Å². The summed E-state index contributed by atoms with van der Waals surface area (Å²) in [5.41, 5.74) is 2.19. The van der Waals surface area contributed by atoms with E-state index in [2.05, 4.69) is 40.9 Å². The normalized spacial score (nSPS) is 11.2. The van der Waals surface area contributed by atoms with Gasteiger partial charge in [-0.2, -0.15) is 23.4 Å². The second-order valence-electron chi connectivity index (χ2n) is 7.35. The standard InChI is InChI=1S/C23H18N8O3S/c32-35(33,34)20-4-2-15-13-19(3-1-16(15)14-20)28-23-30-21(26-17-5-9-24-10-6-17)29-22(31-23)27-18-7-11-25-12-8-18/h1-14H,(H,32,33,34)(H3,24,25,26,27,28,29,30,31). The van der Waals surface area contributed by atoms with E-state index in [0.717, 1.165) is 16.8 Å². The van der Waals surface area contributed by atoms with Crippen molar-refractivity contribution >= 4 is 55.8 Å². The Morgan fingerprint density at radius 1 is 0.571 bits per heavy atom. The number of nitrogens with one attached hydrogen (secondary N) is 3. The van der Waals surface area contributed by atoms with E-state index in [1.54, 1.807) is 67.3 Å². The SMILES string of the molecule is O=S(=O)(O)c1ccc2cc(Nc3nc(Nc4ccncc4)nc(Nc4ccncc4)n3)ccc2c1. The molecule has 0 aliphatic rings. The van der Waals surface area contributed by atoms with Gasteiger partial charge in [-0.3, -0.25) is 14.5 Å². The number of hydrogen-bond acceptors (Lipinski definition) is 10. The van der Waals surface area contributed by atoms with Crippen LogP contribution in [0, 0.1) is 0 Å². The van der Waals surface area contributed by atoms with Crippen LogP contribution in [0.25, 0.3) is 10.8 Å². The smallest absolute Gasteiger partial charge is 0.294 e. The fourth-order valence-corrected chi connectivity index (χ4v) is 3.78. The van der Waals surface area contributed by atoms with Gasteiger partial charge in [-0.25, -0.2) is 0 Å². The van der Waals surface area contributed by atoms with Crippen molar-refractivity contribution in [3.8, 4) is 0 Å². The van der Waals surface area contributed by atoms with E-state index in [0.29, 0.717) is 23.0 Å². The van der Waals surface area contributed by atoms with Crippen LogP contribution in [-0.2, 0) is 10.1 Å². The van der Waals surface area contributed by atoms with E-state index >= 15 is 0 Å². The van der Waals surface area contributed by atoms with Crippen molar-refractivity contribution < 1.29 is 13.0 Å². The van der Waals surface area contributed by atoms with Gasteiger partial charge in [0.1, 0.15) is 0 Å². The van der Waals surface area contributed by atoms with Gasteiger partial charge in [-0.1, -0.05) is 12.1 Å². The maximum Gasteiger partial charge on any atom is 0.294 e. The van der Waals surface area contributed by atoms with E-state index in [1.807, 2.05) is 6.07 Å². The first-order valence-electron chi connectivity index (χ1n) is 10.3. The molecule has 0 aliphatic carbocycles. The first-order chi connectivity index (χ1) is 16.9. The molecule has 0 radical (unpaired) electrons. The Kier molecular flexibility index (Phi) is 5.87. The number of fused-ring (bicyclic) bond motifs is 1. The van der Waals surface area contributed by atoms with E-state index < -0.39 is 10.1 Å². The van der Waals surface area contributed by atoms with Crippen LogP contribution in [0.5, 0.6) is 0 Å². The topological polar surface area (TPSA) is 155 Å². The lowest BCUT2D eigenvalue weighted by molar-refractivity contribution is 0.483. The van der Waals surface area contributed by atoms with Crippen molar-refractivity contribution in [1.82, 2.24) is 24.9 Å². The first kappa shape index (κ1) is 22.1. The van der Waals surface area contributed by atoms with Crippen LogP contribution < -0.4 is 16.0 Å². The largest absolute Gasteiger partial charge is 0.324 e. The molecular weight excluding hydrogens is 468 g/mol. The number of aromatic nitrogens is 5. The summed E-state index contributed by atoms with van der Waals surface area (Å²) >= 11 is 0. The summed E-state index contributed by atoms with van der Waals surface area (Å²) in [6.07, 6.45) is 6.62. The van der Waals surface area contributed by atoms with Crippen LogP contribution in [0.1, 0.15) is 0 Å². The second-order valence-corrected chi connectivity index (χ2v) is 8.77. The molecule has 174 valence electrons. The molecule has 5 rings (SSSR count). The zero-order chi connectivity index (χ0) is 24.3.